The number of H-pyrrole nitrogens is 1. The number of methoxy groups -OCH3 is 1. The number of aryl methyl sites for hydroxylation is 1. The van der Waals surface area contributed by atoms with Gasteiger partial charge in [-0.2, -0.15) is 0 Å². The van der Waals surface area contributed by atoms with E-state index in [1.807, 2.05) is 62.4 Å². The second kappa shape index (κ2) is 7.44. The summed E-state index contributed by atoms with van der Waals surface area (Å²) in [7, 11) is 1.32. The van der Waals surface area contributed by atoms with E-state index in [0.29, 0.717) is 12.1 Å². The first-order chi connectivity index (χ1) is 12.5. The van der Waals surface area contributed by atoms with Crippen LogP contribution >= 0.6 is 0 Å². The van der Waals surface area contributed by atoms with Crippen molar-refractivity contribution in [3.05, 3.63) is 65.4 Å². The van der Waals surface area contributed by atoms with Crippen LogP contribution in [0.15, 0.2) is 48.5 Å². The van der Waals surface area contributed by atoms with Gasteiger partial charge in [0.25, 0.3) is 0 Å². The van der Waals surface area contributed by atoms with Gasteiger partial charge >= 0.3 is 5.97 Å². The van der Waals surface area contributed by atoms with Gasteiger partial charge in [-0.05, 0) is 31.0 Å². The number of benzene rings is 2. The molecule has 2 N–H and O–H groups in total. The van der Waals surface area contributed by atoms with Crippen molar-refractivity contribution in [3.8, 4) is 0 Å². The van der Waals surface area contributed by atoms with Gasteiger partial charge in [-0.3, -0.25) is 4.79 Å². The maximum atomic E-state index is 13.0. The molecule has 1 heterocycles. The lowest BCUT2D eigenvalue weighted by atomic mass is 9.95. The number of carbonyl (C=O) groups is 2. The molecule has 2 aromatic carbocycles. The van der Waals surface area contributed by atoms with E-state index in [4.69, 9.17) is 4.74 Å². The first kappa shape index (κ1) is 17.7. The van der Waals surface area contributed by atoms with Crippen LogP contribution in [0.4, 0.5) is 5.69 Å². The highest BCUT2D eigenvalue weighted by Crippen LogP contribution is 2.31. The second-order valence-electron chi connectivity index (χ2n) is 6.28. The van der Waals surface area contributed by atoms with Gasteiger partial charge in [0, 0.05) is 10.9 Å². The number of esters is 1. The van der Waals surface area contributed by atoms with Crippen LogP contribution in [0.3, 0.4) is 0 Å². The van der Waals surface area contributed by atoms with Crippen LogP contribution in [0.25, 0.3) is 10.9 Å². The summed E-state index contributed by atoms with van der Waals surface area (Å²) in [6, 6.07) is 15.4. The second-order valence-corrected chi connectivity index (χ2v) is 6.28. The van der Waals surface area contributed by atoms with Gasteiger partial charge in [0.05, 0.1) is 18.7 Å². The topological polar surface area (TPSA) is 71.2 Å². The maximum Gasteiger partial charge on any atom is 0.356 e. The molecule has 0 bridgehead atoms. The smallest absolute Gasteiger partial charge is 0.356 e. The van der Waals surface area contributed by atoms with E-state index >= 15 is 0 Å². The molecule has 3 aromatic rings. The highest BCUT2D eigenvalue weighted by Gasteiger charge is 2.24. The van der Waals surface area contributed by atoms with Crippen LogP contribution in [0.1, 0.15) is 40.9 Å². The van der Waals surface area contributed by atoms with Crippen molar-refractivity contribution in [2.45, 2.75) is 26.2 Å². The Labute approximate surface area is 152 Å². The molecule has 0 spiro atoms. The Hall–Kier alpha value is -3.08. The van der Waals surface area contributed by atoms with E-state index in [1.165, 1.54) is 7.11 Å². The number of hydrogen-bond acceptors (Lipinski definition) is 3. The molecule has 0 saturated carbocycles. The van der Waals surface area contributed by atoms with Gasteiger partial charge in [-0.1, -0.05) is 48.9 Å². The molecule has 5 nitrogen and oxygen atoms in total. The molecule has 0 aliphatic rings. The fourth-order valence-electron chi connectivity index (χ4n) is 3.16. The monoisotopic (exact) mass is 350 g/mol. The quantitative estimate of drug-likeness (QED) is 0.670. The standard InChI is InChI=1S/C21H22N2O3/c1-4-15(14-8-6-5-7-9-14)20(24)23-18-16-12-13(2)10-11-17(16)22-19(18)21(25)26-3/h5-12,15,22H,4H2,1-3H3,(H,23,24)/t15-/m0/s1. The number of anilines is 1. The van der Waals surface area contributed by atoms with E-state index in [0.717, 1.165) is 22.0 Å². The first-order valence-corrected chi connectivity index (χ1v) is 8.61. The van der Waals surface area contributed by atoms with Crippen molar-refractivity contribution >= 4 is 28.5 Å². The van der Waals surface area contributed by atoms with E-state index < -0.39 is 5.97 Å². The third-order valence-corrected chi connectivity index (χ3v) is 4.52. The number of aromatic nitrogens is 1. The normalized spacial score (nSPS) is 12.0. The number of hydrogen-bond donors (Lipinski definition) is 2. The van der Waals surface area contributed by atoms with Crippen molar-refractivity contribution in [2.75, 3.05) is 12.4 Å². The van der Waals surface area contributed by atoms with Crippen molar-refractivity contribution in [3.63, 3.8) is 0 Å². The average Bonchev–Trinajstić information content (AvgIpc) is 3.00. The first-order valence-electron chi connectivity index (χ1n) is 8.61. The number of ether oxygens (including phenoxy) is 1. The number of amides is 1. The fraction of sp³-hybridized carbons (Fsp3) is 0.238. The molecule has 134 valence electrons. The molecule has 0 unspecified atom stereocenters. The summed E-state index contributed by atoms with van der Waals surface area (Å²) in [6.45, 7) is 3.94. The molecule has 5 heteroatoms. The van der Waals surface area contributed by atoms with Crippen molar-refractivity contribution < 1.29 is 14.3 Å². The Morgan fingerprint density at radius 3 is 2.54 bits per heavy atom. The molecule has 1 amide bonds. The molecule has 0 fully saturated rings. The van der Waals surface area contributed by atoms with E-state index in [9.17, 15) is 9.59 Å². The summed E-state index contributed by atoms with van der Waals surface area (Å²) in [4.78, 5) is 28.2. The predicted octanol–water partition coefficient (Wildman–Crippen LogP) is 4.40. The van der Waals surface area contributed by atoms with Gasteiger partial charge in [0.2, 0.25) is 5.91 Å². The summed E-state index contributed by atoms with van der Waals surface area (Å²) >= 11 is 0. The van der Waals surface area contributed by atoms with Crippen LogP contribution in [-0.2, 0) is 9.53 Å². The lowest BCUT2D eigenvalue weighted by Crippen LogP contribution is -2.22. The average molecular weight is 350 g/mol. The summed E-state index contributed by atoms with van der Waals surface area (Å²) in [6.07, 6.45) is 0.658. The molecule has 1 atom stereocenters. The zero-order valence-corrected chi connectivity index (χ0v) is 15.1. The molecule has 0 aliphatic carbocycles. The van der Waals surface area contributed by atoms with E-state index in [2.05, 4.69) is 10.3 Å². The van der Waals surface area contributed by atoms with E-state index in [1.54, 1.807) is 0 Å². The molecule has 3 rings (SSSR count). The van der Waals surface area contributed by atoms with Gasteiger partial charge in [-0.15, -0.1) is 0 Å². The van der Waals surface area contributed by atoms with Crippen LogP contribution in [0.2, 0.25) is 0 Å². The van der Waals surface area contributed by atoms with Gasteiger partial charge < -0.3 is 15.0 Å². The number of aromatic amines is 1. The van der Waals surface area contributed by atoms with E-state index in [-0.39, 0.29) is 17.5 Å². The Morgan fingerprint density at radius 2 is 1.88 bits per heavy atom. The summed E-state index contributed by atoms with van der Waals surface area (Å²) < 4.78 is 4.87. The summed E-state index contributed by atoms with van der Waals surface area (Å²) in [5, 5.41) is 3.75. The third-order valence-electron chi connectivity index (χ3n) is 4.52. The lowest BCUT2D eigenvalue weighted by Gasteiger charge is -2.16. The zero-order chi connectivity index (χ0) is 18.7. The minimum absolute atomic E-state index is 0.147. The van der Waals surface area contributed by atoms with Gasteiger partial charge in [0.15, 0.2) is 0 Å². The Bertz CT molecular complexity index is 945. The Kier molecular flexibility index (Phi) is 5.07. The highest BCUT2D eigenvalue weighted by atomic mass is 16.5. The SMILES string of the molecule is CC[C@H](C(=O)Nc1c(C(=O)OC)[nH]c2ccc(C)cc12)c1ccccc1. The minimum Gasteiger partial charge on any atom is -0.464 e. The van der Waals surface area contributed by atoms with Crippen LogP contribution < -0.4 is 5.32 Å². The predicted molar refractivity (Wildman–Crippen MR) is 102 cm³/mol. The van der Waals surface area contributed by atoms with Crippen molar-refractivity contribution in [1.29, 1.82) is 0 Å². The molecular weight excluding hydrogens is 328 g/mol. The number of nitrogens with one attached hydrogen (secondary N) is 2. The number of fused-ring (bicyclic) bond motifs is 1. The van der Waals surface area contributed by atoms with Crippen LogP contribution in [0.5, 0.6) is 0 Å². The molecule has 0 aliphatic heterocycles. The zero-order valence-electron chi connectivity index (χ0n) is 15.1. The molecule has 0 radical (unpaired) electrons. The van der Waals surface area contributed by atoms with Crippen LogP contribution in [0, 0.1) is 6.92 Å². The Balaban J connectivity index is 2.02. The van der Waals surface area contributed by atoms with Crippen molar-refractivity contribution in [1.82, 2.24) is 4.98 Å². The summed E-state index contributed by atoms with van der Waals surface area (Å²) in [5.41, 5.74) is 3.49. The maximum absolute atomic E-state index is 13.0. The number of rotatable bonds is 5. The molecule has 1 aromatic heterocycles. The molecule has 0 saturated heterocycles. The summed E-state index contributed by atoms with van der Waals surface area (Å²) in [5.74, 6) is -0.954. The van der Waals surface area contributed by atoms with Gasteiger partial charge in [0.1, 0.15) is 5.69 Å². The van der Waals surface area contributed by atoms with Crippen LogP contribution in [-0.4, -0.2) is 24.0 Å². The van der Waals surface area contributed by atoms with Gasteiger partial charge in [-0.25, -0.2) is 4.79 Å². The lowest BCUT2D eigenvalue weighted by molar-refractivity contribution is -0.117. The van der Waals surface area contributed by atoms with Crippen molar-refractivity contribution in [2.24, 2.45) is 0 Å². The largest absolute Gasteiger partial charge is 0.464 e. The fourth-order valence-corrected chi connectivity index (χ4v) is 3.16. The number of carbonyl (C=O) groups excluding carboxylic acids is 2. The Morgan fingerprint density at radius 1 is 1.15 bits per heavy atom. The molecular formula is C21H22N2O3. The third kappa shape index (κ3) is 3.33. The highest BCUT2D eigenvalue weighted by molar-refractivity contribution is 6.12. The minimum atomic E-state index is -0.512. The molecule has 26 heavy (non-hydrogen) atoms.